The van der Waals surface area contributed by atoms with Crippen LogP contribution in [0.25, 0.3) is 11.1 Å². The third kappa shape index (κ3) is 3.57. The molecular weight excluding hydrogens is 320 g/mol. The second-order valence-electron chi connectivity index (χ2n) is 5.95. The van der Waals surface area contributed by atoms with Gasteiger partial charge in [0.1, 0.15) is 11.5 Å². The molecule has 130 valence electrons. The number of furan rings is 1. The largest absolute Gasteiger partial charge is 0.460 e. The number of carbonyl (C=O) groups is 2. The normalized spacial score (nSPS) is 12.1. The Kier molecular flexibility index (Phi) is 4.61. The van der Waals surface area contributed by atoms with Gasteiger partial charge in [-0.3, -0.25) is 4.79 Å². The summed E-state index contributed by atoms with van der Waals surface area (Å²) < 4.78 is 12.5. The van der Waals surface area contributed by atoms with Crippen molar-refractivity contribution in [2.45, 2.75) is 26.5 Å². The maximum Gasteiger partial charge on any atom is 0.355 e. The van der Waals surface area contributed by atoms with E-state index in [1.807, 2.05) is 43.3 Å². The third-order valence-electron chi connectivity index (χ3n) is 4.03. The Labute approximate surface area is 145 Å². The van der Waals surface area contributed by atoms with Gasteiger partial charge in [0.25, 0.3) is 5.91 Å². The number of carbonyl (C=O) groups excluding carboxylic acids is 2. The first-order valence-electron chi connectivity index (χ1n) is 8.04. The van der Waals surface area contributed by atoms with E-state index in [2.05, 4.69) is 5.32 Å². The zero-order valence-corrected chi connectivity index (χ0v) is 14.4. The number of aryl methyl sites for hydroxylation is 2. The van der Waals surface area contributed by atoms with E-state index in [9.17, 15) is 9.59 Å². The highest BCUT2D eigenvalue weighted by Gasteiger charge is 2.22. The minimum absolute atomic E-state index is 0.342. The molecule has 2 heterocycles. The fraction of sp³-hybridized carbons (Fsp3) is 0.263. The van der Waals surface area contributed by atoms with E-state index in [1.54, 1.807) is 24.6 Å². The van der Waals surface area contributed by atoms with Gasteiger partial charge in [-0.15, -0.1) is 0 Å². The quantitative estimate of drug-likeness (QED) is 0.725. The molecule has 1 atom stereocenters. The summed E-state index contributed by atoms with van der Waals surface area (Å²) in [5.74, 6) is -0.131. The van der Waals surface area contributed by atoms with Gasteiger partial charge in [-0.05, 0) is 19.4 Å². The van der Waals surface area contributed by atoms with E-state index < -0.39 is 12.1 Å². The molecule has 1 N–H and O–H groups in total. The van der Waals surface area contributed by atoms with Gasteiger partial charge in [0.15, 0.2) is 11.7 Å². The molecule has 3 aromatic rings. The number of fused-ring (bicyclic) bond motifs is 1. The summed E-state index contributed by atoms with van der Waals surface area (Å²) in [6.45, 7) is 3.78. The number of rotatable bonds is 5. The highest BCUT2D eigenvalue weighted by atomic mass is 16.5. The van der Waals surface area contributed by atoms with E-state index in [0.717, 1.165) is 16.8 Å². The summed E-state index contributed by atoms with van der Waals surface area (Å²) in [6, 6.07) is 13.0. The fourth-order valence-corrected chi connectivity index (χ4v) is 2.63. The predicted molar refractivity (Wildman–Crippen MR) is 93.1 cm³/mol. The molecule has 0 spiro atoms. The minimum atomic E-state index is -0.890. The van der Waals surface area contributed by atoms with Crippen molar-refractivity contribution in [3.63, 3.8) is 0 Å². The number of amides is 1. The average molecular weight is 340 g/mol. The van der Waals surface area contributed by atoms with Crippen molar-refractivity contribution in [2.24, 2.45) is 7.05 Å². The van der Waals surface area contributed by atoms with Crippen LogP contribution in [0.1, 0.15) is 28.7 Å². The van der Waals surface area contributed by atoms with Crippen molar-refractivity contribution >= 4 is 23.0 Å². The number of hydrogen-bond donors (Lipinski definition) is 1. The van der Waals surface area contributed by atoms with Crippen molar-refractivity contribution in [1.29, 1.82) is 0 Å². The third-order valence-corrected chi connectivity index (χ3v) is 4.03. The summed E-state index contributed by atoms with van der Waals surface area (Å²) in [5.41, 5.74) is 2.75. The van der Waals surface area contributed by atoms with Gasteiger partial charge >= 0.3 is 5.97 Å². The van der Waals surface area contributed by atoms with Gasteiger partial charge in [0.05, 0.1) is 5.52 Å². The highest BCUT2D eigenvalue weighted by Crippen LogP contribution is 2.23. The second kappa shape index (κ2) is 6.84. The maximum atomic E-state index is 12.3. The smallest absolute Gasteiger partial charge is 0.355 e. The van der Waals surface area contributed by atoms with Crippen molar-refractivity contribution in [3.05, 3.63) is 59.5 Å². The first-order valence-corrected chi connectivity index (χ1v) is 8.04. The number of nitrogens with one attached hydrogen (secondary N) is 1. The van der Waals surface area contributed by atoms with Gasteiger partial charge in [-0.1, -0.05) is 30.3 Å². The van der Waals surface area contributed by atoms with E-state index >= 15 is 0 Å². The molecule has 0 aliphatic heterocycles. The molecule has 25 heavy (non-hydrogen) atoms. The molecule has 0 saturated carbocycles. The molecule has 6 nitrogen and oxygen atoms in total. The van der Waals surface area contributed by atoms with E-state index in [4.69, 9.17) is 9.15 Å². The molecule has 1 amide bonds. The van der Waals surface area contributed by atoms with Crippen molar-refractivity contribution < 1.29 is 18.7 Å². The average Bonchev–Trinajstić information content (AvgIpc) is 3.11. The maximum absolute atomic E-state index is 12.3. The summed E-state index contributed by atoms with van der Waals surface area (Å²) in [6.07, 6.45) is -0.890. The molecule has 0 unspecified atom stereocenters. The Hall–Kier alpha value is -3.02. The van der Waals surface area contributed by atoms with E-state index in [0.29, 0.717) is 17.8 Å². The van der Waals surface area contributed by atoms with Gasteiger partial charge in [-0.25, -0.2) is 4.79 Å². The number of nitrogens with zero attached hydrogens (tertiary/aromatic N) is 1. The molecule has 0 radical (unpaired) electrons. The van der Waals surface area contributed by atoms with Crippen LogP contribution < -0.4 is 5.32 Å². The van der Waals surface area contributed by atoms with Crippen LogP contribution in [-0.2, 0) is 23.1 Å². The Morgan fingerprint density at radius 3 is 2.64 bits per heavy atom. The highest BCUT2D eigenvalue weighted by molar-refractivity contribution is 5.95. The molecule has 1 aromatic carbocycles. The Morgan fingerprint density at radius 2 is 1.96 bits per heavy atom. The van der Waals surface area contributed by atoms with Gasteiger partial charge in [-0.2, -0.15) is 0 Å². The molecular formula is C19H20N2O4. The van der Waals surface area contributed by atoms with Crippen LogP contribution in [0.5, 0.6) is 0 Å². The molecule has 0 saturated heterocycles. The Balaban J connectivity index is 1.62. The standard InChI is InChI=1S/C19H20N2O4/c1-12-9-15-17(24-12)10-16(21(15)3)19(23)25-13(2)18(22)20-11-14-7-5-4-6-8-14/h4-10,13H,11H2,1-3H3,(H,20,22)/t13-/m0/s1. The predicted octanol–water partition coefficient (Wildman–Crippen LogP) is 2.94. The summed E-state index contributed by atoms with van der Waals surface area (Å²) in [7, 11) is 1.76. The van der Waals surface area contributed by atoms with Crippen molar-refractivity contribution in [3.8, 4) is 0 Å². The molecule has 0 bridgehead atoms. The fourth-order valence-electron chi connectivity index (χ4n) is 2.63. The van der Waals surface area contributed by atoms with Crippen LogP contribution in [-0.4, -0.2) is 22.5 Å². The van der Waals surface area contributed by atoms with E-state index in [1.165, 1.54) is 0 Å². The Bertz CT molecular complexity index is 908. The zero-order valence-electron chi connectivity index (χ0n) is 14.4. The lowest BCUT2D eigenvalue weighted by Gasteiger charge is -2.14. The molecule has 0 fully saturated rings. The van der Waals surface area contributed by atoms with Gasteiger partial charge in [0.2, 0.25) is 0 Å². The number of ether oxygens (including phenoxy) is 1. The molecule has 3 rings (SSSR count). The lowest BCUT2D eigenvalue weighted by atomic mass is 10.2. The van der Waals surface area contributed by atoms with Crippen LogP contribution >= 0.6 is 0 Å². The topological polar surface area (TPSA) is 73.5 Å². The summed E-state index contributed by atoms with van der Waals surface area (Å²) in [5, 5.41) is 2.76. The minimum Gasteiger partial charge on any atom is -0.460 e. The lowest BCUT2D eigenvalue weighted by molar-refractivity contribution is -0.129. The molecule has 0 aliphatic rings. The number of benzene rings is 1. The van der Waals surface area contributed by atoms with Crippen LogP contribution in [0.3, 0.4) is 0 Å². The second-order valence-corrected chi connectivity index (χ2v) is 5.95. The van der Waals surface area contributed by atoms with Gasteiger partial charge in [0, 0.05) is 25.7 Å². The van der Waals surface area contributed by atoms with Crippen LogP contribution in [0.2, 0.25) is 0 Å². The number of esters is 1. The molecule has 0 aliphatic carbocycles. The first-order chi connectivity index (χ1) is 12.0. The number of hydrogen-bond acceptors (Lipinski definition) is 4. The Morgan fingerprint density at radius 1 is 1.24 bits per heavy atom. The van der Waals surface area contributed by atoms with Crippen LogP contribution in [0.15, 0.2) is 46.9 Å². The van der Waals surface area contributed by atoms with Gasteiger partial charge < -0.3 is 19.0 Å². The zero-order chi connectivity index (χ0) is 18.0. The monoisotopic (exact) mass is 340 g/mol. The lowest BCUT2D eigenvalue weighted by Crippen LogP contribution is -2.35. The molecule has 6 heteroatoms. The summed E-state index contributed by atoms with van der Waals surface area (Å²) >= 11 is 0. The summed E-state index contributed by atoms with van der Waals surface area (Å²) in [4.78, 5) is 24.5. The van der Waals surface area contributed by atoms with Crippen molar-refractivity contribution in [2.75, 3.05) is 0 Å². The van der Waals surface area contributed by atoms with Crippen LogP contribution in [0.4, 0.5) is 0 Å². The number of aromatic nitrogens is 1. The van der Waals surface area contributed by atoms with Crippen LogP contribution in [0, 0.1) is 6.92 Å². The SMILES string of the molecule is Cc1cc2c(cc(C(=O)O[C@@H](C)C(=O)NCc3ccccc3)n2C)o1. The van der Waals surface area contributed by atoms with Crippen molar-refractivity contribution in [1.82, 2.24) is 9.88 Å². The van der Waals surface area contributed by atoms with E-state index in [-0.39, 0.29) is 5.91 Å². The first kappa shape index (κ1) is 16.8. The molecule has 2 aromatic heterocycles.